The van der Waals surface area contributed by atoms with E-state index in [-0.39, 0.29) is 22.4 Å². The average molecular weight is 404 g/mol. The zero-order valence-electron chi connectivity index (χ0n) is 15.8. The lowest BCUT2D eigenvalue weighted by Gasteiger charge is -2.52. The number of hydrogen-bond donors (Lipinski definition) is 0. The van der Waals surface area contributed by atoms with Crippen molar-refractivity contribution in [2.45, 2.75) is 64.1 Å². The Labute approximate surface area is 162 Å². The van der Waals surface area contributed by atoms with Crippen LogP contribution in [-0.4, -0.2) is 29.7 Å². The minimum atomic E-state index is -4.43. The van der Waals surface area contributed by atoms with Crippen molar-refractivity contribution in [1.29, 1.82) is 0 Å². The average Bonchev–Trinajstić information content (AvgIpc) is 2.49. The van der Waals surface area contributed by atoms with Crippen molar-refractivity contribution in [3.05, 3.63) is 34.3 Å². The Kier molecular flexibility index (Phi) is 5.17. The Morgan fingerprint density at radius 1 is 1.19 bits per heavy atom. The summed E-state index contributed by atoms with van der Waals surface area (Å²) in [4.78, 5) is 13.9. The molecule has 1 aromatic carbocycles. The molecular weight excluding hydrogens is 379 g/mol. The van der Waals surface area contributed by atoms with Crippen LogP contribution in [0.5, 0.6) is 0 Å². The van der Waals surface area contributed by atoms with E-state index in [0.29, 0.717) is 13.1 Å². The number of carbonyl (C=O) groups is 1. The summed E-state index contributed by atoms with van der Waals surface area (Å²) in [5, 5.41) is -0.235. The van der Waals surface area contributed by atoms with Crippen LogP contribution in [0.2, 0.25) is 5.02 Å². The molecule has 0 unspecified atom stereocenters. The lowest BCUT2D eigenvalue weighted by Crippen LogP contribution is -2.49. The molecule has 1 amide bonds. The van der Waals surface area contributed by atoms with Gasteiger partial charge in [-0.25, -0.2) is 4.79 Å². The molecule has 0 aromatic heterocycles. The van der Waals surface area contributed by atoms with Gasteiger partial charge in [0, 0.05) is 13.1 Å². The Bertz CT molecular complexity index is 711. The molecule has 2 fully saturated rings. The summed E-state index contributed by atoms with van der Waals surface area (Å²) in [6.07, 6.45) is -1.05. The van der Waals surface area contributed by atoms with E-state index < -0.39 is 17.3 Å². The van der Waals surface area contributed by atoms with Gasteiger partial charge in [-0.1, -0.05) is 17.7 Å². The maximum atomic E-state index is 12.8. The van der Waals surface area contributed by atoms with Crippen LogP contribution in [0.4, 0.5) is 18.0 Å². The fourth-order valence-electron chi connectivity index (χ4n) is 4.13. The number of alkyl halides is 3. The number of hydrogen-bond acceptors (Lipinski definition) is 2. The first-order valence-corrected chi connectivity index (χ1v) is 9.61. The van der Waals surface area contributed by atoms with E-state index in [1.165, 1.54) is 6.07 Å². The highest BCUT2D eigenvalue weighted by Crippen LogP contribution is 2.57. The Hall–Kier alpha value is -1.43. The maximum Gasteiger partial charge on any atom is 0.417 e. The molecule has 3 nitrogen and oxygen atoms in total. The van der Waals surface area contributed by atoms with E-state index in [4.69, 9.17) is 16.3 Å². The molecule has 1 aliphatic heterocycles. The largest absolute Gasteiger partial charge is 0.444 e. The molecule has 1 spiro atoms. The molecule has 7 heteroatoms. The van der Waals surface area contributed by atoms with E-state index >= 15 is 0 Å². The molecule has 1 saturated carbocycles. The number of halogens is 4. The summed E-state index contributed by atoms with van der Waals surface area (Å²) < 4.78 is 43.9. The van der Waals surface area contributed by atoms with Gasteiger partial charge >= 0.3 is 12.3 Å². The van der Waals surface area contributed by atoms with Crippen molar-refractivity contribution in [2.75, 3.05) is 13.1 Å². The monoisotopic (exact) mass is 403 g/mol. The number of amides is 1. The number of rotatable bonds is 1. The van der Waals surface area contributed by atoms with Gasteiger partial charge in [-0.3, -0.25) is 0 Å². The van der Waals surface area contributed by atoms with Crippen molar-refractivity contribution in [2.24, 2.45) is 5.41 Å². The van der Waals surface area contributed by atoms with Gasteiger partial charge in [-0.05, 0) is 75.5 Å². The minimum absolute atomic E-state index is 0.179. The third-order valence-corrected chi connectivity index (χ3v) is 5.92. The highest BCUT2D eigenvalue weighted by atomic mass is 35.5. The molecule has 2 aliphatic rings. The smallest absolute Gasteiger partial charge is 0.417 e. The van der Waals surface area contributed by atoms with Gasteiger partial charge in [-0.15, -0.1) is 0 Å². The van der Waals surface area contributed by atoms with Crippen molar-refractivity contribution < 1.29 is 22.7 Å². The Balaban J connectivity index is 1.56. The normalized spacial score (nSPS) is 20.5. The summed E-state index contributed by atoms with van der Waals surface area (Å²) in [7, 11) is 0. The predicted octanol–water partition coefficient (Wildman–Crippen LogP) is 6.25. The Morgan fingerprint density at radius 3 is 2.26 bits per heavy atom. The summed E-state index contributed by atoms with van der Waals surface area (Å²) in [6, 6.07) is 4.08. The summed E-state index contributed by atoms with van der Waals surface area (Å²) in [5.74, 6) is 0.234. The first-order valence-electron chi connectivity index (χ1n) is 9.23. The third kappa shape index (κ3) is 4.53. The second kappa shape index (κ2) is 6.87. The van der Waals surface area contributed by atoms with E-state index in [1.807, 2.05) is 20.8 Å². The molecular formula is C20H25ClF3NO2. The first kappa shape index (κ1) is 20.3. The van der Waals surface area contributed by atoms with Crippen molar-refractivity contribution in [3.63, 3.8) is 0 Å². The number of piperidine rings is 1. The molecule has 150 valence electrons. The lowest BCUT2D eigenvalue weighted by molar-refractivity contribution is -0.137. The van der Waals surface area contributed by atoms with Gasteiger partial charge in [0.2, 0.25) is 0 Å². The number of ether oxygens (including phenoxy) is 1. The highest BCUT2D eigenvalue weighted by Gasteiger charge is 2.47. The van der Waals surface area contributed by atoms with Gasteiger partial charge in [0.05, 0.1) is 10.6 Å². The molecule has 0 atom stereocenters. The summed E-state index contributed by atoms with van der Waals surface area (Å²) in [6.45, 7) is 6.87. The predicted molar refractivity (Wildman–Crippen MR) is 97.9 cm³/mol. The van der Waals surface area contributed by atoms with Gasteiger partial charge in [-0.2, -0.15) is 13.2 Å². The van der Waals surface area contributed by atoms with E-state index in [9.17, 15) is 18.0 Å². The second-order valence-electron chi connectivity index (χ2n) is 8.81. The quantitative estimate of drug-likeness (QED) is 0.554. The Morgan fingerprint density at radius 2 is 1.78 bits per heavy atom. The van der Waals surface area contributed by atoms with Crippen LogP contribution in [0.1, 0.15) is 63.5 Å². The summed E-state index contributed by atoms with van der Waals surface area (Å²) >= 11 is 5.85. The molecule has 0 radical (unpaired) electrons. The van der Waals surface area contributed by atoms with E-state index in [0.717, 1.165) is 37.3 Å². The summed E-state index contributed by atoms with van der Waals surface area (Å²) in [5.41, 5.74) is -0.241. The fourth-order valence-corrected chi connectivity index (χ4v) is 4.43. The van der Waals surface area contributed by atoms with Crippen LogP contribution in [-0.2, 0) is 10.9 Å². The van der Waals surface area contributed by atoms with Crippen LogP contribution in [0, 0.1) is 5.41 Å². The van der Waals surface area contributed by atoms with Gasteiger partial charge in [0.25, 0.3) is 0 Å². The molecule has 27 heavy (non-hydrogen) atoms. The zero-order valence-corrected chi connectivity index (χ0v) is 16.6. The van der Waals surface area contributed by atoms with E-state index in [1.54, 1.807) is 11.0 Å². The maximum absolute atomic E-state index is 12.8. The number of benzene rings is 1. The van der Waals surface area contributed by atoms with E-state index in [2.05, 4.69) is 0 Å². The number of likely N-dealkylation sites (tertiary alicyclic amines) is 1. The van der Waals surface area contributed by atoms with Crippen molar-refractivity contribution >= 4 is 17.7 Å². The SMILES string of the molecule is CC(C)(C)OC(=O)N1CCC2(CC1)CC(c1ccc(C(F)(F)F)c(Cl)c1)C2. The molecule has 0 bridgehead atoms. The molecule has 1 saturated heterocycles. The van der Waals surface area contributed by atoms with Crippen molar-refractivity contribution in [3.8, 4) is 0 Å². The van der Waals surface area contributed by atoms with Crippen molar-refractivity contribution in [1.82, 2.24) is 4.90 Å². The van der Waals surface area contributed by atoms with Gasteiger partial charge in [0.15, 0.2) is 0 Å². The molecule has 3 rings (SSSR count). The van der Waals surface area contributed by atoms with Crippen LogP contribution in [0.3, 0.4) is 0 Å². The molecule has 1 aromatic rings. The van der Waals surface area contributed by atoms with Crippen LogP contribution in [0.25, 0.3) is 0 Å². The fraction of sp³-hybridized carbons (Fsp3) is 0.650. The lowest BCUT2D eigenvalue weighted by atomic mass is 9.56. The zero-order chi connectivity index (χ0) is 20.0. The number of carbonyl (C=O) groups excluding carboxylic acids is 1. The molecule has 1 aliphatic carbocycles. The van der Waals surface area contributed by atoms with Gasteiger partial charge in [0.1, 0.15) is 5.60 Å². The minimum Gasteiger partial charge on any atom is -0.444 e. The molecule has 0 N–H and O–H groups in total. The second-order valence-corrected chi connectivity index (χ2v) is 9.22. The van der Waals surface area contributed by atoms with Crippen LogP contribution < -0.4 is 0 Å². The topological polar surface area (TPSA) is 29.5 Å². The van der Waals surface area contributed by atoms with Crippen LogP contribution >= 0.6 is 11.6 Å². The highest BCUT2D eigenvalue weighted by molar-refractivity contribution is 6.31. The first-order chi connectivity index (χ1) is 12.4. The third-order valence-electron chi connectivity index (χ3n) is 5.60. The van der Waals surface area contributed by atoms with Gasteiger partial charge < -0.3 is 9.64 Å². The number of nitrogens with zero attached hydrogens (tertiary/aromatic N) is 1. The molecule has 1 heterocycles. The standard InChI is InChI=1S/C20H25ClF3NO2/c1-18(2,3)27-17(26)25-8-6-19(7-9-25)11-14(12-19)13-4-5-15(16(21)10-13)20(22,23)24/h4-5,10,14H,6-9,11-12H2,1-3H3. The van der Waals surface area contributed by atoms with Crippen LogP contribution in [0.15, 0.2) is 18.2 Å².